The molecule has 0 aliphatic carbocycles. The second-order valence-corrected chi connectivity index (χ2v) is 7.47. The summed E-state index contributed by atoms with van der Waals surface area (Å²) in [5.74, 6) is 0.402. The van der Waals surface area contributed by atoms with E-state index >= 15 is 0 Å². The van der Waals surface area contributed by atoms with E-state index in [0.29, 0.717) is 42.2 Å². The molecule has 0 unspecified atom stereocenters. The van der Waals surface area contributed by atoms with Crippen LogP contribution in [0.2, 0.25) is 5.02 Å². The number of likely N-dealkylation sites (N-methyl/N-ethyl adjacent to an activating group) is 1. The Morgan fingerprint density at radius 1 is 1.31 bits per heavy atom. The van der Waals surface area contributed by atoms with Gasteiger partial charge in [0.25, 0.3) is 0 Å². The number of pyridine rings is 1. The fourth-order valence-corrected chi connectivity index (χ4v) is 3.56. The lowest BCUT2D eigenvalue weighted by molar-refractivity contribution is -0.137. The average molecular weight is 412 g/mol. The number of piperidine rings is 1. The molecule has 1 aliphatic rings. The number of benzene rings is 1. The van der Waals surface area contributed by atoms with E-state index in [1.807, 2.05) is 6.07 Å². The smallest absolute Gasteiger partial charge is 0.243 e. The number of nitrogens with zero attached hydrogens (tertiary/aromatic N) is 4. The Bertz CT molecular complexity index is 917. The number of aromatic nitrogens is 1. The maximum atomic E-state index is 12.7. The number of nitriles is 1. The molecule has 0 spiro atoms. The summed E-state index contributed by atoms with van der Waals surface area (Å²) < 4.78 is 0. The van der Waals surface area contributed by atoms with E-state index in [1.54, 1.807) is 43.6 Å². The van der Waals surface area contributed by atoms with Gasteiger partial charge in [0.05, 0.1) is 12.1 Å². The van der Waals surface area contributed by atoms with Crippen molar-refractivity contribution in [2.24, 2.45) is 5.92 Å². The van der Waals surface area contributed by atoms with Crippen molar-refractivity contribution < 1.29 is 9.59 Å². The molecule has 7 nitrogen and oxygen atoms in total. The van der Waals surface area contributed by atoms with E-state index in [4.69, 9.17) is 16.9 Å². The molecule has 1 fully saturated rings. The molecular formula is C21H22ClN5O2. The van der Waals surface area contributed by atoms with Crippen molar-refractivity contribution in [2.45, 2.75) is 12.8 Å². The largest absolute Gasteiger partial charge is 0.357 e. The van der Waals surface area contributed by atoms with Crippen LogP contribution in [0.4, 0.5) is 11.5 Å². The summed E-state index contributed by atoms with van der Waals surface area (Å²) in [6, 6.07) is 12.5. The lowest BCUT2D eigenvalue weighted by Crippen LogP contribution is -2.43. The molecule has 0 radical (unpaired) electrons. The van der Waals surface area contributed by atoms with Crippen LogP contribution in [-0.2, 0) is 9.59 Å². The molecule has 29 heavy (non-hydrogen) atoms. The van der Waals surface area contributed by atoms with Crippen LogP contribution in [-0.4, -0.2) is 48.4 Å². The van der Waals surface area contributed by atoms with Crippen molar-refractivity contribution in [2.75, 3.05) is 36.9 Å². The van der Waals surface area contributed by atoms with E-state index in [-0.39, 0.29) is 24.3 Å². The van der Waals surface area contributed by atoms with Gasteiger partial charge < -0.3 is 15.1 Å². The van der Waals surface area contributed by atoms with Gasteiger partial charge in [0, 0.05) is 43.0 Å². The van der Waals surface area contributed by atoms with Gasteiger partial charge in [0.15, 0.2) is 0 Å². The Morgan fingerprint density at radius 3 is 2.69 bits per heavy atom. The number of amides is 2. The van der Waals surface area contributed by atoms with Crippen LogP contribution in [0, 0.1) is 17.2 Å². The molecule has 1 saturated heterocycles. The molecule has 0 atom stereocenters. The molecule has 2 aromatic rings. The van der Waals surface area contributed by atoms with Gasteiger partial charge in [0.1, 0.15) is 11.9 Å². The Labute approximate surface area is 174 Å². The standard InChI is InChI=1S/C21H22ClN5O2/c1-26(14-20(28)25-18-4-2-3-17(22)11-18)21(29)16-7-9-27(10-8-16)19-6-5-15(12-23)13-24-19/h2-6,11,13,16H,7-10,14H2,1H3,(H,25,28). The normalized spacial score (nSPS) is 14.2. The molecule has 2 amide bonds. The molecule has 0 bridgehead atoms. The molecular weight excluding hydrogens is 390 g/mol. The zero-order valence-corrected chi connectivity index (χ0v) is 16.9. The molecule has 3 rings (SSSR count). The van der Waals surface area contributed by atoms with Gasteiger partial charge in [-0.2, -0.15) is 5.26 Å². The van der Waals surface area contributed by atoms with Crippen LogP contribution in [0.25, 0.3) is 0 Å². The van der Waals surface area contributed by atoms with Gasteiger partial charge in [-0.05, 0) is 43.2 Å². The average Bonchev–Trinajstić information content (AvgIpc) is 2.73. The first-order valence-corrected chi connectivity index (χ1v) is 9.75. The van der Waals surface area contributed by atoms with Crippen molar-refractivity contribution in [1.82, 2.24) is 9.88 Å². The molecule has 0 saturated carbocycles. The number of carbonyl (C=O) groups excluding carboxylic acids is 2. The van der Waals surface area contributed by atoms with Gasteiger partial charge in [-0.15, -0.1) is 0 Å². The number of anilines is 2. The lowest BCUT2D eigenvalue weighted by atomic mass is 9.95. The SMILES string of the molecule is CN(CC(=O)Nc1cccc(Cl)c1)C(=O)C1CCN(c2ccc(C#N)cn2)CC1. The van der Waals surface area contributed by atoms with E-state index in [0.717, 1.165) is 5.82 Å². The summed E-state index contributed by atoms with van der Waals surface area (Å²) in [5.41, 5.74) is 1.13. The third kappa shape index (κ3) is 5.46. The van der Waals surface area contributed by atoms with E-state index in [2.05, 4.69) is 21.3 Å². The summed E-state index contributed by atoms with van der Waals surface area (Å²) in [5, 5.41) is 12.2. The first-order valence-electron chi connectivity index (χ1n) is 9.38. The fraction of sp³-hybridized carbons (Fsp3) is 0.333. The van der Waals surface area contributed by atoms with Crippen LogP contribution in [0.15, 0.2) is 42.6 Å². The minimum Gasteiger partial charge on any atom is -0.357 e. The van der Waals surface area contributed by atoms with E-state index in [1.165, 1.54) is 4.90 Å². The van der Waals surface area contributed by atoms with Crippen molar-refractivity contribution in [3.05, 3.63) is 53.2 Å². The molecule has 1 aliphatic heterocycles. The predicted molar refractivity (Wildman–Crippen MR) is 112 cm³/mol. The predicted octanol–water partition coefficient (Wildman–Crippen LogP) is 2.92. The molecule has 150 valence electrons. The number of hydrogen-bond acceptors (Lipinski definition) is 5. The summed E-state index contributed by atoms with van der Waals surface area (Å²) in [7, 11) is 1.65. The minimum atomic E-state index is -0.262. The molecule has 2 heterocycles. The van der Waals surface area contributed by atoms with Gasteiger partial charge >= 0.3 is 0 Å². The molecule has 8 heteroatoms. The maximum absolute atomic E-state index is 12.7. The zero-order chi connectivity index (χ0) is 20.8. The minimum absolute atomic E-state index is 0.0112. The van der Waals surface area contributed by atoms with Crippen molar-refractivity contribution >= 4 is 34.9 Å². The highest BCUT2D eigenvalue weighted by molar-refractivity contribution is 6.30. The first kappa shape index (κ1) is 20.6. The number of halogens is 1. The van der Waals surface area contributed by atoms with Gasteiger partial charge in [-0.3, -0.25) is 9.59 Å². The highest BCUT2D eigenvalue weighted by atomic mass is 35.5. The zero-order valence-electron chi connectivity index (χ0n) is 16.1. The van der Waals surface area contributed by atoms with Crippen molar-refractivity contribution in [3.63, 3.8) is 0 Å². The second-order valence-electron chi connectivity index (χ2n) is 7.03. The second kappa shape index (κ2) is 9.39. The highest BCUT2D eigenvalue weighted by Gasteiger charge is 2.28. The van der Waals surface area contributed by atoms with Crippen LogP contribution < -0.4 is 10.2 Å². The third-order valence-electron chi connectivity index (χ3n) is 4.91. The number of carbonyl (C=O) groups is 2. The first-order chi connectivity index (χ1) is 14.0. The highest BCUT2D eigenvalue weighted by Crippen LogP contribution is 2.23. The van der Waals surface area contributed by atoms with Crippen LogP contribution in [0.1, 0.15) is 18.4 Å². The summed E-state index contributed by atoms with van der Waals surface area (Å²) in [6.45, 7) is 1.40. The summed E-state index contributed by atoms with van der Waals surface area (Å²) in [4.78, 5) is 32.8. The van der Waals surface area contributed by atoms with E-state index in [9.17, 15) is 9.59 Å². The number of hydrogen-bond donors (Lipinski definition) is 1. The van der Waals surface area contributed by atoms with Crippen molar-refractivity contribution in [3.8, 4) is 6.07 Å². The maximum Gasteiger partial charge on any atom is 0.243 e. The Morgan fingerprint density at radius 2 is 2.07 bits per heavy atom. The van der Waals surface area contributed by atoms with Crippen LogP contribution in [0.5, 0.6) is 0 Å². The van der Waals surface area contributed by atoms with E-state index < -0.39 is 0 Å². The topological polar surface area (TPSA) is 89.3 Å². The van der Waals surface area contributed by atoms with Crippen molar-refractivity contribution in [1.29, 1.82) is 5.26 Å². The summed E-state index contributed by atoms with van der Waals surface area (Å²) >= 11 is 5.92. The molecule has 1 N–H and O–H groups in total. The van der Waals surface area contributed by atoms with Gasteiger partial charge in [0.2, 0.25) is 11.8 Å². The quantitative estimate of drug-likeness (QED) is 0.817. The lowest BCUT2D eigenvalue weighted by Gasteiger charge is -2.33. The van der Waals surface area contributed by atoms with Crippen LogP contribution in [0.3, 0.4) is 0 Å². The number of nitrogens with one attached hydrogen (secondary N) is 1. The Hall–Kier alpha value is -3.11. The fourth-order valence-electron chi connectivity index (χ4n) is 3.37. The summed E-state index contributed by atoms with van der Waals surface area (Å²) in [6.07, 6.45) is 2.94. The number of rotatable bonds is 5. The monoisotopic (exact) mass is 411 g/mol. The van der Waals surface area contributed by atoms with Gasteiger partial charge in [-0.25, -0.2) is 4.98 Å². The van der Waals surface area contributed by atoms with Crippen LogP contribution >= 0.6 is 11.6 Å². The van der Waals surface area contributed by atoms with Gasteiger partial charge in [-0.1, -0.05) is 17.7 Å². The third-order valence-corrected chi connectivity index (χ3v) is 5.15. The Balaban J connectivity index is 1.49. The molecule has 1 aromatic heterocycles. The Kier molecular flexibility index (Phi) is 6.68. The molecule has 1 aromatic carbocycles.